The molecule has 0 saturated heterocycles. The van der Waals surface area contributed by atoms with Gasteiger partial charge in [-0.05, 0) is 18.8 Å². The monoisotopic (exact) mass is 276 g/mol. The molecule has 4 nitrogen and oxygen atoms in total. The molecule has 0 atom stereocenters. The Bertz CT molecular complexity index is 382. The molecule has 1 N–H and O–H groups in total. The second-order valence-electron chi connectivity index (χ2n) is 6.31. The van der Waals surface area contributed by atoms with Crippen LogP contribution in [0.1, 0.15) is 51.5 Å². The summed E-state index contributed by atoms with van der Waals surface area (Å²) in [5, 5.41) is 3.38. The number of nitrogens with zero attached hydrogens (tertiary/aromatic N) is 3. The molecule has 1 aromatic rings. The van der Waals surface area contributed by atoms with Gasteiger partial charge in [-0.2, -0.15) is 0 Å². The van der Waals surface area contributed by atoms with E-state index in [0.29, 0.717) is 6.04 Å². The fraction of sp³-hybridized carbons (Fsp3) is 0.750. The first-order valence-corrected chi connectivity index (χ1v) is 7.90. The summed E-state index contributed by atoms with van der Waals surface area (Å²) in [4.78, 5) is 11.2. The van der Waals surface area contributed by atoms with Gasteiger partial charge < -0.3 is 10.2 Å². The molecule has 0 aromatic carbocycles. The molecule has 4 heteroatoms. The van der Waals surface area contributed by atoms with Crippen molar-refractivity contribution in [2.45, 2.75) is 58.5 Å². The van der Waals surface area contributed by atoms with Gasteiger partial charge in [-0.25, -0.2) is 9.97 Å². The summed E-state index contributed by atoms with van der Waals surface area (Å²) in [5.41, 5.74) is 1.15. The van der Waals surface area contributed by atoms with E-state index in [1.807, 2.05) is 12.4 Å². The van der Waals surface area contributed by atoms with Crippen LogP contribution < -0.4 is 10.2 Å². The molecule has 20 heavy (non-hydrogen) atoms. The molecule has 2 rings (SSSR count). The largest absolute Gasteiger partial charge is 0.344 e. The first-order chi connectivity index (χ1) is 9.65. The van der Waals surface area contributed by atoms with Gasteiger partial charge in [0.15, 0.2) is 0 Å². The quantitative estimate of drug-likeness (QED) is 0.867. The summed E-state index contributed by atoms with van der Waals surface area (Å²) in [7, 11) is 2.11. The molecule has 0 amide bonds. The van der Waals surface area contributed by atoms with E-state index in [4.69, 9.17) is 0 Å². The minimum absolute atomic E-state index is 0.489. The Hall–Kier alpha value is -1.16. The fourth-order valence-corrected chi connectivity index (χ4v) is 2.80. The lowest BCUT2D eigenvalue weighted by Crippen LogP contribution is -2.28. The third-order valence-electron chi connectivity index (χ3n) is 4.00. The van der Waals surface area contributed by atoms with Crippen LogP contribution >= 0.6 is 0 Å². The van der Waals surface area contributed by atoms with Gasteiger partial charge in [0.25, 0.3) is 0 Å². The van der Waals surface area contributed by atoms with Crippen molar-refractivity contribution < 1.29 is 0 Å². The second-order valence-corrected chi connectivity index (χ2v) is 6.31. The van der Waals surface area contributed by atoms with Crippen molar-refractivity contribution in [3.8, 4) is 0 Å². The molecule has 112 valence electrons. The molecule has 1 aliphatic rings. The molecular formula is C16H28N4. The Morgan fingerprint density at radius 1 is 1.20 bits per heavy atom. The van der Waals surface area contributed by atoms with Crippen LogP contribution in [-0.2, 0) is 6.54 Å². The molecule has 0 radical (unpaired) electrons. The zero-order valence-corrected chi connectivity index (χ0v) is 13.1. The van der Waals surface area contributed by atoms with Gasteiger partial charge in [-0.3, -0.25) is 0 Å². The third kappa shape index (κ3) is 4.75. The number of aromatic nitrogens is 2. The lowest BCUT2D eigenvalue weighted by Gasteiger charge is -2.27. The van der Waals surface area contributed by atoms with Gasteiger partial charge >= 0.3 is 0 Å². The zero-order valence-electron chi connectivity index (χ0n) is 13.1. The maximum atomic E-state index is 4.50. The Morgan fingerprint density at radius 2 is 1.85 bits per heavy atom. The van der Waals surface area contributed by atoms with Crippen molar-refractivity contribution in [1.82, 2.24) is 15.3 Å². The Balaban J connectivity index is 1.84. The van der Waals surface area contributed by atoms with Gasteiger partial charge in [0, 0.05) is 44.1 Å². The summed E-state index contributed by atoms with van der Waals surface area (Å²) >= 11 is 0. The maximum Gasteiger partial charge on any atom is 0.225 e. The van der Waals surface area contributed by atoms with Gasteiger partial charge in [0.2, 0.25) is 5.95 Å². The lowest BCUT2D eigenvalue weighted by molar-refractivity contribution is 0.361. The SMILES string of the molecule is CC(C)NCc1cnc(N(C)CC2CCCCC2)nc1. The molecule has 1 heterocycles. The fourth-order valence-electron chi connectivity index (χ4n) is 2.80. The van der Waals surface area contributed by atoms with Crippen LogP contribution in [0.2, 0.25) is 0 Å². The summed E-state index contributed by atoms with van der Waals surface area (Å²) < 4.78 is 0. The van der Waals surface area contributed by atoms with E-state index in [-0.39, 0.29) is 0 Å². The van der Waals surface area contributed by atoms with Crippen LogP contribution in [-0.4, -0.2) is 29.6 Å². The first-order valence-electron chi connectivity index (χ1n) is 7.90. The molecule has 1 aliphatic carbocycles. The molecule has 0 aliphatic heterocycles. The minimum Gasteiger partial charge on any atom is -0.344 e. The second kappa shape index (κ2) is 7.58. The number of hydrogen-bond donors (Lipinski definition) is 1. The summed E-state index contributed by atoms with van der Waals surface area (Å²) in [6.07, 6.45) is 10.8. The van der Waals surface area contributed by atoms with E-state index in [1.54, 1.807) is 0 Å². The van der Waals surface area contributed by atoms with Crippen molar-refractivity contribution in [2.24, 2.45) is 5.92 Å². The van der Waals surface area contributed by atoms with E-state index >= 15 is 0 Å². The molecule has 0 spiro atoms. The van der Waals surface area contributed by atoms with E-state index in [2.05, 4.69) is 41.1 Å². The highest BCUT2D eigenvalue weighted by molar-refractivity contribution is 5.28. The van der Waals surface area contributed by atoms with Gasteiger partial charge in [-0.1, -0.05) is 33.1 Å². The van der Waals surface area contributed by atoms with E-state index in [0.717, 1.165) is 30.5 Å². The molecule has 1 saturated carbocycles. The number of anilines is 1. The standard InChI is InChI=1S/C16H28N4/c1-13(2)17-9-15-10-18-16(19-11-15)20(3)12-14-7-5-4-6-8-14/h10-11,13-14,17H,4-9,12H2,1-3H3. The van der Waals surface area contributed by atoms with Gasteiger partial charge in [0.1, 0.15) is 0 Å². The van der Waals surface area contributed by atoms with Crippen molar-refractivity contribution >= 4 is 5.95 Å². The van der Waals surface area contributed by atoms with Gasteiger partial charge in [-0.15, -0.1) is 0 Å². The lowest BCUT2D eigenvalue weighted by atomic mass is 9.89. The third-order valence-corrected chi connectivity index (χ3v) is 4.00. The summed E-state index contributed by atoms with van der Waals surface area (Å²) in [6, 6.07) is 0.489. The summed E-state index contributed by atoms with van der Waals surface area (Å²) in [6.45, 7) is 6.22. The molecule has 1 aromatic heterocycles. The van der Waals surface area contributed by atoms with Crippen LogP contribution in [0.5, 0.6) is 0 Å². The Labute approximate surface area is 123 Å². The normalized spacial score (nSPS) is 16.6. The average Bonchev–Trinajstić information content (AvgIpc) is 2.46. The maximum absolute atomic E-state index is 4.50. The number of rotatable bonds is 6. The van der Waals surface area contributed by atoms with Crippen LogP contribution in [0, 0.1) is 5.92 Å². The number of hydrogen-bond acceptors (Lipinski definition) is 4. The highest BCUT2D eigenvalue weighted by Crippen LogP contribution is 2.24. The molecular weight excluding hydrogens is 248 g/mol. The Kier molecular flexibility index (Phi) is 5.77. The van der Waals surface area contributed by atoms with Crippen molar-refractivity contribution in [2.75, 3.05) is 18.5 Å². The molecule has 0 unspecified atom stereocenters. The number of nitrogens with one attached hydrogen (secondary N) is 1. The predicted molar refractivity (Wildman–Crippen MR) is 83.9 cm³/mol. The first kappa shape index (κ1) is 15.2. The smallest absolute Gasteiger partial charge is 0.225 e. The van der Waals surface area contributed by atoms with Crippen LogP contribution in [0.3, 0.4) is 0 Å². The minimum atomic E-state index is 0.489. The molecule has 0 bridgehead atoms. The zero-order chi connectivity index (χ0) is 14.4. The van der Waals surface area contributed by atoms with Crippen LogP contribution in [0.15, 0.2) is 12.4 Å². The van der Waals surface area contributed by atoms with Crippen molar-refractivity contribution in [3.05, 3.63) is 18.0 Å². The predicted octanol–water partition coefficient (Wildman–Crippen LogP) is 2.99. The van der Waals surface area contributed by atoms with E-state index in [1.165, 1.54) is 32.1 Å². The van der Waals surface area contributed by atoms with Crippen LogP contribution in [0.25, 0.3) is 0 Å². The topological polar surface area (TPSA) is 41.1 Å². The molecule has 1 fully saturated rings. The highest BCUT2D eigenvalue weighted by Gasteiger charge is 2.16. The average molecular weight is 276 g/mol. The van der Waals surface area contributed by atoms with E-state index < -0.39 is 0 Å². The van der Waals surface area contributed by atoms with Crippen LogP contribution in [0.4, 0.5) is 5.95 Å². The van der Waals surface area contributed by atoms with Gasteiger partial charge in [0.05, 0.1) is 0 Å². The van der Waals surface area contributed by atoms with Crippen molar-refractivity contribution in [3.63, 3.8) is 0 Å². The van der Waals surface area contributed by atoms with Crippen molar-refractivity contribution in [1.29, 1.82) is 0 Å². The Morgan fingerprint density at radius 3 is 2.45 bits per heavy atom. The summed E-state index contributed by atoms with van der Waals surface area (Å²) in [5.74, 6) is 1.67. The highest BCUT2D eigenvalue weighted by atomic mass is 15.2. The van der Waals surface area contributed by atoms with E-state index in [9.17, 15) is 0 Å².